The molecule has 0 atom stereocenters. The van der Waals surface area contributed by atoms with Gasteiger partial charge in [0.05, 0.1) is 12.4 Å². The molecule has 0 spiro atoms. The first kappa shape index (κ1) is 13.2. The second kappa shape index (κ2) is 7.64. The van der Waals surface area contributed by atoms with Gasteiger partial charge in [0.2, 0.25) is 5.91 Å². The number of nitrogens with zero attached hydrogens (tertiary/aromatic N) is 1. The molecule has 0 saturated carbocycles. The number of carboxylic acid groups (broad SMARTS) is 1. The van der Waals surface area contributed by atoms with Crippen LogP contribution < -0.4 is 0 Å². The van der Waals surface area contributed by atoms with E-state index in [-0.39, 0.29) is 12.5 Å². The van der Waals surface area contributed by atoms with Crippen LogP contribution in [0.15, 0.2) is 0 Å². The van der Waals surface area contributed by atoms with Gasteiger partial charge in [-0.2, -0.15) is 11.8 Å². The molecule has 0 fully saturated rings. The Morgan fingerprint density at radius 3 is 2.57 bits per heavy atom. The van der Waals surface area contributed by atoms with Crippen molar-refractivity contribution in [3.63, 3.8) is 0 Å². The molecule has 0 bridgehead atoms. The highest BCUT2D eigenvalue weighted by Crippen LogP contribution is 1.98. The molecule has 0 aliphatic carbocycles. The Bertz CT molecular complexity index is 198. The highest BCUT2D eigenvalue weighted by molar-refractivity contribution is 7.99. The summed E-state index contributed by atoms with van der Waals surface area (Å²) < 4.78 is 4.79. The molecule has 82 valence electrons. The maximum atomic E-state index is 11.4. The van der Waals surface area contributed by atoms with Crippen molar-refractivity contribution in [1.29, 1.82) is 0 Å². The van der Waals surface area contributed by atoms with E-state index in [1.54, 1.807) is 6.26 Å². The summed E-state index contributed by atoms with van der Waals surface area (Å²) in [5.41, 5.74) is 0. The SMILES string of the molecule is COCCN(CC(=O)O)C(=O)CSC. The summed E-state index contributed by atoms with van der Waals surface area (Å²) in [6.07, 6.45) is 1.80. The first-order valence-corrected chi connectivity index (χ1v) is 5.48. The van der Waals surface area contributed by atoms with Crippen LogP contribution >= 0.6 is 11.8 Å². The lowest BCUT2D eigenvalue weighted by Gasteiger charge is -2.19. The van der Waals surface area contributed by atoms with E-state index in [1.165, 1.54) is 23.8 Å². The third-order valence-electron chi connectivity index (χ3n) is 1.51. The minimum Gasteiger partial charge on any atom is -0.480 e. The maximum Gasteiger partial charge on any atom is 0.323 e. The maximum absolute atomic E-state index is 11.4. The zero-order valence-electron chi connectivity index (χ0n) is 8.36. The number of amides is 1. The van der Waals surface area contributed by atoms with Gasteiger partial charge in [-0.25, -0.2) is 0 Å². The van der Waals surface area contributed by atoms with Crippen LogP contribution in [0.25, 0.3) is 0 Å². The van der Waals surface area contributed by atoms with Crippen molar-refractivity contribution in [2.24, 2.45) is 0 Å². The molecule has 0 heterocycles. The Kier molecular flexibility index (Phi) is 7.23. The molecule has 0 aromatic rings. The molecular weight excluding hydrogens is 206 g/mol. The van der Waals surface area contributed by atoms with E-state index in [4.69, 9.17) is 9.84 Å². The average Bonchev–Trinajstić information content (AvgIpc) is 2.12. The van der Waals surface area contributed by atoms with Crippen LogP contribution in [-0.4, -0.2) is 60.7 Å². The molecular formula is C8H15NO4S. The second-order valence-electron chi connectivity index (χ2n) is 2.63. The molecule has 14 heavy (non-hydrogen) atoms. The molecule has 1 N–H and O–H groups in total. The standard InChI is InChI=1S/C8H15NO4S/c1-13-4-3-9(5-8(11)12)7(10)6-14-2/h3-6H2,1-2H3,(H,11,12). The van der Waals surface area contributed by atoms with Crippen molar-refractivity contribution in [1.82, 2.24) is 4.90 Å². The summed E-state index contributed by atoms with van der Waals surface area (Å²) in [4.78, 5) is 23.1. The third-order valence-corrected chi connectivity index (χ3v) is 2.05. The summed E-state index contributed by atoms with van der Waals surface area (Å²) in [5.74, 6) is -0.871. The van der Waals surface area contributed by atoms with E-state index >= 15 is 0 Å². The smallest absolute Gasteiger partial charge is 0.323 e. The summed E-state index contributed by atoms with van der Waals surface area (Å²) >= 11 is 1.37. The van der Waals surface area contributed by atoms with Gasteiger partial charge >= 0.3 is 5.97 Å². The van der Waals surface area contributed by atoms with Crippen LogP contribution in [0.2, 0.25) is 0 Å². The van der Waals surface area contributed by atoms with Crippen molar-refractivity contribution in [3.8, 4) is 0 Å². The van der Waals surface area contributed by atoms with Gasteiger partial charge in [-0.1, -0.05) is 0 Å². The number of rotatable bonds is 7. The summed E-state index contributed by atoms with van der Waals surface area (Å²) in [7, 11) is 1.51. The number of hydrogen-bond acceptors (Lipinski definition) is 4. The fraction of sp³-hybridized carbons (Fsp3) is 0.750. The number of carboxylic acids is 1. The lowest BCUT2D eigenvalue weighted by Crippen LogP contribution is -2.39. The molecule has 0 aliphatic rings. The molecule has 0 saturated heterocycles. The largest absolute Gasteiger partial charge is 0.480 e. The number of thioether (sulfide) groups is 1. The van der Waals surface area contributed by atoms with E-state index in [1.807, 2.05) is 0 Å². The monoisotopic (exact) mass is 221 g/mol. The summed E-state index contributed by atoms with van der Waals surface area (Å²) in [6, 6.07) is 0. The van der Waals surface area contributed by atoms with E-state index < -0.39 is 5.97 Å². The highest BCUT2D eigenvalue weighted by atomic mass is 32.2. The number of hydrogen-bond donors (Lipinski definition) is 1. The number of methoxy groups -OCH3 is 1. The van der Waals surface area contributed by atoms with Gasteiger partial charge in [-0.05, 0) is 6.26 Å². The third kappa shape index (κ3) is 5.82. The normalized spacial score (nSPS) is 9.86. The van der Waals surface area contributed by atoms with Crippen molar-refractivity contribution in [3.05, 3.63) is 0 Å². The fourth-order valence-electron chi connectivity index (χ4n) is 0.871. The molecule has 5 nitrogen and oxygen atoms in total. The molecule has 0 aromatic carbocycles. The molecule has 0 radical (unpaired) electrons. The molecule has 0 rings (SSSR count). The Morgan fingerprint density at radius 2 is 2.14 bits per heavy atom. The molecule has 6 heteroatoms. The Labute approximate surface area is 87.4 Å². The van der Waals surface area contributed by atoms with Gasteiger partial charge in [0.25, 0.3) is 0 Å². The van der Waals surface area contributed by atoms with Crippen LogP contribution in [0, 0.1) is 0 Å². The van der Waals surface area contributed by atoms with E-state index in [9.17, 15) is 9.59 Å². The van der Waals surface area contributed by atoms with E-state index in [0.29, 0.717) is 18.9 Å². The average molecular weight is 221 g/mol. The lowest BCUT2D eigenvalue weighted by molar-refractivity contribution is -0.143. The zero-order valence-corrected chi connectivity index (χ0v) is 9.17. The number of carbonyl (C=O) groups excluding carboxylic acids is 1. The fourth-order valence-corrected chi connectivity index (χ4v) is 1.30. The minimum atomic E-state index is -1.00. The van der Waals surface area contributed by atoms with Crippen LogP contribution in [0.4, 0.5) is 0 Å². The zero-order chi connectivity index (χ0) is 11.0. The molecule has 0 unspecified atom stereocenters. The predicted molar refractivity (Wildman–Crippen MR) is 54.5 cm³/mol. The number of aliphatic carboxylic acids is 1. The van der Waals surface area contributed by atoms with Gasteiger partial charge in [0.15, 0.2) is 0 Å². The van der Waals surface area contributed by atoms with Crippen molar-refractivity contribution in [2.45, 2.75) is 0 Å². The predicted octanol–water partition coefficient (Wildman–Crippen LogP) is -0.0910. The van der Waals surface area contributed by atoms with Crippen molar-refractivity contribution < 1.29 is 19.4 Å². The van der Waals surface area contributed by atoms with E-state index in [0.717, 1.165) is 0 Å². The quantitative estimate of drug-likeness (QED) is 0.650. The molecule has 1 amide bonds. The molecule has 0 aliphatic heterocycles. The van der Waals surface area contributed by atoms with Gasteiger partial charge < -0.3 is 14.7 Å². The first-order valence-electron chi connectivity index (χ1n) is 4.09. The van der Waals surface area contributed by atoms with Gasteiger partial charge in [0.1, 0.15) is 6.54 Å². The van der Waals surface area contributed by atoms with Crippen LogP contribution in [0.1, 0.15) is 0 Å². The number of ether oxygens (including phenoxy) is 1. The number of carbonyl (C=O) groups is 2. The first-order chi connectivity index (χ1) is 6.61. The van der Waals surface area contributed by atoms with Crippen molar-refractivity contribution in [2.75, 3.05) is 38.8 Å². The summed E-state index contributed by atoms with van der Waals surface area (Å²) in [5, 5.41) is 8.56. The summed E-state index contributed by atoms with van der Waals surface area (Å²) in [6.45, 7) is 0.415. The Morgan fingerprint density at radius 1 is 1.50 bits per heavy atom. The Balaban J connectivity index is 4.08. The van der Waals surface area contributed by atoms with Crippen LogP contribution in [0.5, 0.6) is 0 Å². The van der Waals surface area contributed by atoms with Crippen LogP contribution in [0.3, 0.4) is 0 Å². The van der Waals surface area contributed by atoms with Crippen molar-refractivity contribution >= 4 is 23.6 Å². The molecule has 0 aromatic heterocycles. The van der Waals surface area contributed by atoms with E-state index in [2.05, 4.69) is 0 Å². The Hall–Kier alpha value is -0.750. The topological polar surface area (TPSA) is 66.8 Å². The highest BCUT2D eigenvalue weighted by Gasteiger charge is 2.15. The lowest BCUT2D eigenvalue weighted by atomic mass is 10.4. The van der Waals surface area contributed by atoms with Gasteiger partial charge in [0, 0.05) is 13.7 Å². The second-order valence-corrected chi connectivity index (χ2v) is 3.50. The van der Waals surface area contributed by atoms with Crippen LogP contribution in [-0.2, 0) is 14.3 Å². The van der Waals surface area contributed by atoms with Gasteiger partial charge in [-0.3, -0.25) is 9.59 Å². The minimum absolute atomic E-state index is 0.169. The van der Waals surface area contributed by atoms with Gasteiger partial charge in [-0.15, -0.1) is 0 Å².